The summed E-state index contributed by atoms with van der Waals surface area (Å²) >= 11 is 0. The van der Waals surface area contributed by atoms with Gasteiger partial charge in [-0.25, -0.2) is 4.98 Å². The zero-order chi connectivity index (χ0) is 11.5. The fourth-order valence-electron chi connectivity index (χ4n) is 1.45. The number of aromatic nitrogens is 2. The predicted octanol–water partition coefficient (Wildman–Crippen LogP) is 1.46. The van der Waals surface area contributed by atoms with E-state index in [2.05, 4.69) is 4.98 Å². The van der Waals surface area contributed by atoms with Crippen LogP contribution in [-0.2, 0) is 13.6 Å². The van der Waals surface area contributed by atoms with Crippen molar-refractivity contribution in [3.05, 3.63) is 36.1 Å². The Bertz CT molecular complexity index is 487. The molecule has 2 rings (SSSR count). The van der Waals surface area contributed by atoms with E-state index >= 15 is 0 Å². The van der Waals surface area contributed by atoms with Crippen LogP contribution in [0.3, 0.4) is 0 Å². The second kappa shape index (κ2) is 4.22. The van der Waals surface area contributed by atoms with Crippen molar-refractivity contribution < 1.29 is 9.21 Å². The van der Waals surface area contributed by atoms with Gasteiger partial charge in [0.2, 0.25) is 0 Å². The van der Waals surface area contributed by atoms with Gasteiger partial charge in [0.25, 0.3) is 0 Å². The molecule has 84 valence electrons. The number of imidazole rings is 1. The minimum absolute atomic E-state index is 0.335. The highest BCUT2D eigenvalue weighted by molar-refractivity contribution is 5.71. The number of aldehydes is 1. The molecule has 2 aromatic rings. The first-order valence-electron chi connectivity index (χ1n) is 4.93. The molecule has 16 heavy (non-hydrogen) atoms. The maximum absolute atomic E-state index is 10.5. The topological polar surface area (TPSA) is 51.3 Å². The molecule has 0 atom stereocenters. The molecule has 2 heterocycles. The molecule has 0 aliphatic rings. The standard InChI is InChI=1S/C11H13N3O2/c1-13-6-5-12-10(13)7-14(2)11-4-3-9(8-15)16-11/h3-6,8H,7H2,1-2H3. The van der Waals surface area contributed by atoms with E-state index < -0.39 is 0 Å². The Hall–Kier alpha value is -2.04. The summed E-state index contributed by atoms with van der Waals surface area (Å²) in [4.78, 5) is 16.6. The predicted molar refractivity (Wildman–Crippen MR) is 59.4 cm³/mol. The number of aryl methyl sites for hydroxylation is 1. The van der Waals surface area contributed by atoms with Crippen molar-refractivity contribution in [1.82, 2.24) is 9.55 Å². The van der Waals surface area contributed by atoms with Crippen LogP contribution in [0, 0.1) is 0 Å². The molecule has 0 saturated carbocycles. The van der Waals surface area contributed by atoms with Gasteiger partial charge in [0, 0.05) is 32.6 Å². The van der Waals surface area contributed by atoms with Crippen molar-refractivity contribution in [1.29, 1.82) is 0 Å². The molecule has 0 spiro atoms. The highest BCUT2D eigenvalue weighted by Crippen LogP contribution is 2.17. The first kappa shape index (κ1) is 10.5. The minimum atomic E-state index is 0.335. The summed E-state index contributed by atoms with van der Waals surface area (Å²) in [5, 5.41) is 0. The molecule has 0 amide bonds. The summed E-state index contributed by atoms with van der Waals surface area (Å²) in [7, 11) is 3.83. The number of carbonyl (C=O) groups excluding carboxylic acids is 1. The number of carbonyl (C=O) groups is 1. The molecule has 0 bridgehead atoms. The van der Waals surface area contributed by atoms with Gasteiger partial charge >= 0.3 is 0 Å². The SMILES string of the molecule is CN(Cc1nccn1C)c1ccc(C=O)o1. The van der Waals surface area contributed by atoms with Gasteiger partial charge in [-0.2, -0.15) is 0 Å². The maximum Gasteiger partial charge on any atom is 0.196 e. The second-order valence-corrected chi connectivity index (χ2v) is 3.60. The summed E-state index contributed by atoms with van der Waals surface area (Å²) in [6, 6.07) is 3.42. The lowest BCUT2D eigenvalue weighted by atomic mass is 10.4. The van der Waals surface area contributed by atoms with Gasteiger partial charge in [-0.05, 0) is 6.07 Å². The van der Waals surface area contributed by atoms with Crippen LogP contribution in [0.1, 0.15) is 16.4 Å². The van der Waals surface area contributed by atoms with Crippen molar-refractivity contribution in [2.45, 2.75) is 6.54 Å². The van der Waals surface area contributed by atoms with E-state index in [-0.39, 0.29) is 0 Å². The van der Waals surface area contributed by atoms with E-state index in [1.165, 1.54) is 0 Å². The zero-order valence-corrected chi connectivity index (χ0v) is 9.25. The van der Waals surface area contributed by atoms with Crippen LogP contribution in [-0.4, -0.2) is 22.9 Å². The van der Waals surface area contributed by atoms with E-state index in [1.807, 2.05) is 29.8 Å². The zero-order valence-electron chi connectivity index (χ0n) is 9.25. The number of hydrogen-bond acceptors (Lipinski definition) is 4. The van der Waals surface area contributed by atoms with Gasteiger partial charge in [-0.15, -0.1) is 0 Å². The molecular weight excluding hydrogens is 206 g/mol. The largest absolute Gasteiger partial charge is 0.438 e. The summed E-state index contributed by atoms with van der Waals surface area (Å²) < 4.78 is 7.25. The minimum Gasteiger partial charge on any atom is -0.438 e. The van der Waals surface area contributed by atoms with Crippen molar-refractivity contribution in [3.63, 3.8) is 0 Å². The van der Waals surface area contributed by atoms with E-state index in [1.54, 1.807) is 18.3 Å². The van der Waals surface area contributed by atoms with Crippen LogP contribution >= 0.6 is 0 Å². The Morgan fingerprint density at radius 2 is 2.38 bits per heavy atom. The normalized spacial score (nSPS) is 10.4. The fourth-order valence-corrected chi connectivity index (χ4v) is 1.45. The van der Waals surface area contributed by atoms with Crippen LogP contribution in [0.25, 0.3) is 0 Å². The van der Waals surface area contributed by atoms with Crippen molar-refractivity contribution in [2.75, 3.05) is 11.9 Å². The molecule has 0 aliphatic carbocycles. The lowest BCUT2D eigenvalue weighted by molar-refractivity contribution is 0.110. The Balaban J connectivity index is 2.11. The number of anilines is 1. The molecule has 0 aliphatic heterocycles. The molecule has 0 unspecified atom stereocenters. The first-order valence-corrected chi connectivity index (χ1v) is 4.93. The lowest BCUT2D eigenvalue weighted by Crippen LogP contribution is -2.18. The summed E-state index contributed by atoms with van der Waals surface area (Å²) in [5.74, 6) is 1.93. The van der Waals surface area contributed by atoms with Gasteiger partial charge in [-0.1, -0.05) is 0 Å². The maximum atomic E-state index is 10.5. The van der Waals surface area contributed by atoms with Crippen molar-refractivity contribution >= 4 is 12.2 Å². The molecule has 2 aromatic heterocycles. The summed E-state index contributed by atoms with van der Waals surface area (Å²) in [6.45, 7) is 0.634. The van der Waals surface area contributed by atoms with Crippen molar-refractivity contribution in [2.24, 2.45) is 7.05 Å². The number of rotatable bonds is 4. The second-order valence-electron chi connectivity index (χ2n) is 3.60. The average molecular weight is 219 g/mol. The molecule has 0 radical (unpaired) electrons. The van der Waals surface area contributed by atoms with Crippen LogP contribution in [0.2, 0.25) is 0 Å². The van der Waals surface area contributed by atoms with E-state index in [0.29, 0.717) is 24.5 Å². The number of hydrogen-bond donors (Lipinski definition) is 0. The van der Waals surface area contributed by atoms with Crippen LogP contribution < -0.4 is 4.90 Å². The Labute approximate surface area is 93.3 Å². The van der Waals surface area contributed by atoms with Crippen LogP contribution in [0.4, 0.5) is 5.88 Å². The highest BCUT2D eigenvalue weighted by atomic mass is 16.4. The van der Waals surface area contributed by atoms with Gasteiger partial charge in [-0.3, -0.25) is 4.79 Å². The average Bonchev–Trinajstić information content (AvgIpc) is 2.88. The third-order valence-electron chi connectivity index (χ3n) is 2.40. The quantitative estimate of drug-likeness (QED) is 0.730. The smallest absolute Gasteiger partial charge is 0.196 e. The molecule has 0 aromatic carbocycles. The lowest BCUT2D eigenvalue weighted by Gasteiger charge is -2.15. The van der Waals surface area contributed by atoms with Gasteiger partial charge in [0.1, 0.15) is 5.82 Å². The first-order chi connectivity index (χ1) is 7.70. The monoisotopic (exact) mass is 219 g/mol. The fraction of sp³-hybridized carbons (Fsp3) is 0.273. The van der Waals surface area contributed by atoms with Gasteiger partial charge in [0.05, 0.1) is 6.54 Å². The number of furan rings is 1. The third-order valence-corrected chi connectivity index (χ3v) is 2.40. The molecule has 5 nitrogen and oxygen atoms in total. The molecule has 0 saturated heterocycles. The summed E-state index contributed by atoms with van der Waals surface area (Å²) in [5.41, 5.74) is 0. The molecule has 0 fully saturated rings. The Kier molecular flexibility index (Phi) is 2.76. The van der Waals surface area contributed by atoms with Gasteiger partial charge in [0.15, 0.2) is 17.9 Å². The Morgan fingerprint density at radius 3 is 2.94 bits per heavy atom. The summed E-state index contributed by atoms with van der Waals surface area (Å²) in [6.07, 6.45) is 4.34. The molecule has 5 heteroatoms. The molecule has 0 N–H and O–H groups in total. The highest BCUT2D eigenvalue weighted by Gasteiger charge is 2.09. The molecular formula is C11H13N3O2. The van der Waals surface area contributed by atoms with Crippen LogP contribution in [0.5, 0.6) is 0 Å². The van der Waals surface area contributed by atoms with Crippen LogP contribution in [0.15, 0.2) is 28.9 Å². The van der Waals surface area contributed by atoms with E-state index in [9.17, 15) is 4.79 Å². The van der Waals surface area contributed by atoms with E-state index in [0.717, 1.165) is 5.82 Å². The van der Waals surface area contributed by atoms with Crippen molar-refractivity contribution in [3.8, 4) is 0 Å². The van der Waals surface area contributed by atoms with Gasteiger partial charge < -0.3 is 13.9 Å². The number of nitrogens with zero attached hydrogens (tertiary/aromatic N) is 3. The third kappa shape index (κ3) is 1.98. The Morgan fingerprint density at radius 1 is 1.56 bits per heavy atom. The van der Waals surface area contributed by atoms with E-state index in [4.69, 9.17) is 4.42 Å².